The molecule has 4 rings (SSSR count). The molecule has 1 aliphatic rings. The van der Waals surface area contributed by atoms with E-state index in [-0.39, 0.29) is 17.3 Å². The highest BCUT2D eigenvalue weighted by Crippen LogP contribution is 2.43. The number of nitrogens with zero attached hydrogens (tertiary/aromatic N) is 1. The lowest BCUT2D eigenvalue weighted by Gasteiger charge is -2.26. The number of benzene rings is 3. The lowest BCUT2D eigenvalue weighted by atomic mass is 9.93. The molecule has 1 unspecified atom stereocenters. The molecule has 8 heteroatoms. The number of amides is 1. The van der Waals surface area contributed by atoms with Crippen molar-refractivity contribution in [3.63, 3.8) is 0 Å². The molecule has 1 atom stereocenters. The van der Waals surface area contributed by atoms with Gasteiger partial charge in [-0.25, -0.2) is 0 Å². The minimum absolute atomic E-state index is 0.0464. The molecule has 202 valence electrons. The van der Waals surface area contributed by atoms with Gasteiger partial charge in [-0.1, -0.05) is 26.0 Å². The summed E-state index contributed by atoms with van der Waals surface area (Å²) in [5, 5.41) is 11.5. The van der Waals surface area contributed by atoms with Crippen molar-refractivity contribution in [1.82, 2.24) is 0 Å². The number of ketones is 1. The van der Waals surface area contributed by atoms with Crippen LogP contribution in [-0.4, -0.2) is 36.5 Å². The summed E-state index contributed by atoms with van der Waals surface area (Å²) < 4.78 is 16.1. The summed E-state index contributed by atoms with van der Waals surface area (Å²) >= 11 is 0. The van der Waals surface area contributed by atoms with E-state index in [4.69, 9.17) is 14.2 Å². The second kappa shape index (κ2) is 11.4. The van der Waals surface area contributed by atoms with Gasteiger partial charge < -0.3 is 19.3 Å². The van der Waals surface area contributed by atoms with E-state index < -0.39 is 23.7 Å². The largest absolute Gasteiger partial charge is 0.507 e. The predicted molar refractivity (Wildman–Crippen MR) is 147 cm³/mol. The first-order valence-electron chi connectivity index (χ1n) is 12.7. The number of hydrogen-bond acceptors (Lipinski definition) is 7. The van der Waals surface area contributed by atoms with Crippen LogP contribution < -0.4 is 19.1 Å². The van der Waals surface area contributed by atoms with Crippen LogP contribution in [-0.2, 0) is 14.4 Å². The van der Waals surface area contributed by atoms with Crippen molar-refractivity contribution in [2.45, 2.75) is 39.7 Å². The highest BCUT2D eigenvalue weighted by Gasteiger charge is 2.47. The zero-order valence-electron chi connectivity index (χ0n) is 22.6. The molecule has 1 aliphatic heterocycles. The zero-order valence-corrected chi connectivity index (χ0v) is 22.6. The van der Waals surface area contributed by atoms with Crippen LogP contribution in [0.4, 0.5) is 5.69 Å². The maximum absolute atomic E-state index is 13.5. The van der Waals surface area contributed by atoms with Crippen LogP contribution in [0.25, 0.3) is 5.76 Å². The lowest BCUT2D eigenvalue weighted by Crippen LogP contribution is -2.29. The summed E-state index contributed by atoms with van der Waals surface area (Å²) in [4.78, 5) is 39.7. The molecule has 0 radical (unpaired) electrons. The monoisotopic (exact) mass is 529 g/mol. The first-order chi connectivity index (χ1) is 18.7. The topological polar surface area (TPSA) is 102 Å². The fourth-order valence-electron chi connectivity index (χ4n) is 4.63. The molecular weight excluding hydrogens is 498 g/mol. The highest BCUT2D eigenvalue weighted by atomic mass is 16.5. The second-order valence-electron chi connectivity index (χ2n) is 9.37. The molecule has 3 aromatic carbocycles. The smallest absolute Gasteiger partial charge is 0.308 e. The Kier molecular flexibility index (Phi) is 8.04. The fourth-order valence-corrected chi connectivity index (χ4v) is 4.63. The van der Waals surface area contributed by atoms with E-state index in [1.165, 1.54) is 18.9 Å². The van der Waals surface area contributed by atoms with Crippen LogP contribution in [0.15, 0.2) is 72.3 Å². The van der Waals surface area contributed by atoms with Gasteiger partial charge in [0.05, 0.1) is 25.3 Å². The van der Waals surface area contributed by atoms with Crippen LogP contribution in [0.2, 0.25) is 0 Å². The Bertz CT molecular complexity index is 1420. The molecule has 8 nitrogen and oxygen atoms in total. The molecule has 3 aromatic rings. The van der Waals surface area contributed by atoms with E-state index in [1.54, 1.807) is 66.7 Å². The van der Waals surface area contributed by atoms with Gasteiger partial charge in [-0.2, -0.15) is 0 Å². The molecule has 0 aliphatic carbocycles. The fraction of sp³-hybridized carbons (Fsp3) is 0.258. The Hall–Kier alpha value is -4.59. The van der Waals surface area contributed by atoms with Crippen LogP contribution in [0.3, 0.4) is 0 Å². The summed E-state index contributed by atoms with van der Waals surface area (Å²) in [6, 6.07) is 17.5. The molecule has 0 spiro atoms. The van der Waals surface area contributed by atoms with Crippen molar-refractivity contribution in [3.8, 4) is 17.2 Å². The lowest BCUT2D eigenvalue weighted by molar-refractivity contribution is -0.132. The number of carbonyl (C=O) groups excluding carboxylic acids is 3. The summed E-state index contributed by atoms with van der Waals surface area (Å²) in [5.41, 5.74) is 2.23. The molecule has 1 amide bonds. The number of aliphatic hydroxyl groups excluding tert-OH is 1. The Balaban J connectivity index is 1.89. The second-order valence-corrected chi connectivity index (χ2v) is 9.37. The van der Waals surface area contributed by atoms with E-state index in [1.807, 2.05) is 20.8 Å². The van der Waals surface area contributed by atoms with Gasteiger partial charge >= 0.3 is 5.97 Å². The molecule has 1 saturated heterocycles. The van der Waals surface area contributed by atoms with E-state index in [2.05, 4.69) is 0 Å². The highest BCUT2D eigenvalue weighted by molar-refractivity contribution is 6.51. The quantitative estimate of drug-likeness (QED) is 0.130. The summed E-state index contributed by atoms with van der Waals surface area (Å²) in [7, 11) is 1.54. The van der Waals surface area contributed by atoms with Crippen molar-refractivity contribution in [3.05, 3.63) is 89.0 Å². The number of anilines is 1. The molecule has 1 N–H and O–H groups in total. The maximum atomic E-state index is 13.5. The maximum Gasteiger partial charge on any atom is 0.308 e. The summed E-state index contributed by atoms with van der Waals surface area (Å²) in [6.45, 7) is 7.70. The third-order valence-corrected chi connectivity index (χ3v) is 6.46. The molecule has 1 fully saturated rings. The van der Waals surface area contributed by atoms with Crippen molar-refractivity contribution >= 4 is 29.1 Å². The number of esters is 1. The van der Waals surface area contributed by atoms with Gasteiger partial charge in [0, 0.05) is 18.2 Å². The van der Waals surface area contributed by atoms with Crippen molar-refractivity contribution < 1.29 is 33.7 Å². The SMILES string of the molecule is CCOc1ccc(/C(O)=C2/C(=O)C(=O)N(c3ccc(OC)cc3)C2c2ccc(OC(C)=O)cc2)cc1C(C)C. The average molecular weight is 530 g/mol. The van der Waals surface area contributed by atoms with Crippen LogP contribution in [0.5, 0.6) is 17.2 Å². The van der Waals surface area contributed by atoms with Crippen LogP contribution >= 0.6 is 0 Å². The number of hydrogen-bond donors (Lipinski definition) is 1. The third kappa shape index (κ3) is 5.50. The van der Waals surface area contributed by atoms with Crippen molar-refractivity contribution in [2.24, 2.45) is 0 Å². The molecular formula is C31H31NO7. The van der Waals surface area contributed by atoms with Gasteiger partial charge in [0.15, 0.2) is 0 Å². The third-order valence-electron chi connectivity index (χ3n) is 6.46. The number of aliphatic hydroxyl groups is 1. The van der Waals surface area contributed by atoms with Crippen LogP contribution in [0, 0.1) is 0 Å². The first kappa shape index (κ1) is 27.4. The number of rotatable bonds is 8. The van der Waals surface area contributed by atoms with E-state index in [0.717, 1.165) is 5.56 Å². The number of Topliss-reactive ketones (excluding diaryl/α,β-unsaturated/α-hetero) is 1. The number of methoxy groups -OCH3 is 1. The van der Waals surface area contributed by atoms with Crippen LogP contribution in [0.1, 0.15) is 56.3 Å². The normalized spacial score (nSPS) is 16.5. The average Bonchev–Trinajstić information content (AvgIpc) is 3.18. The molecule has 1 heterocycles. The Morgan fingerprint density at radius 1 is 0.974 bits per heavy atom. The molecule has 0 saturated carbocycles. The van der Waals surface area contributed by atoms with Crippen molar-refractivity contribution in [1.29, 1.82) is 0 Å². The summed E-state index contributed by atoms with van der Waals surface area (Å²) in [5.74, 6) is -0.644. The zero-order chi connectivity index (χ0) is 28.3. The molecule has 0 bridgehead atoms. The Morgan fingerprint density at radius 3 is 2.18 bits per heavy atom. The van der Waals surface area contributed by atoms with E-state index >= 15 is 0 Å². The van der Waals surface area contributed by atoms with Gasteiger partial charge in [0.2, 0.25) is 0 Å². The molecule has 39 heavy (non-hydrogen) atoms. The van der Waals surface area contributed by atoms with E-state index in [9.17, 15) is 19.5 Å². The van der Waals surface area contributed by atoms with Gasteiger partial charge in [0.1, 0.15) is 23.0 Å². The Morgan fingerprint density at radius 2 is 1.62 bits per heavy atom. The predicted octanol–water partition coefficient (Wildman–Crippen LogP) is 5.77. The summed E-state index contributed by atoms with van der Waals surface area (Å²) in [6.07, 6.45) is 0. The standard InChI is InChI=1S/C31H31NO7/c1-6-38-26-16-9-21(17-25(26)18(2)3)29(34)27-28(20-7-12-24(13-8-20)39-19(4)33)32(31(36)30(27)35)22-10-14-23(37-5)15-11-22/h7-18,28,34H,6H2,1-5H3/b29-27-. The Labute approximate surface area is 227 Å². The van der Waals surface area contributed by atoms with E-state index in [0.29, 0.717) is 40.7 Å². The van der Waals surface area contributed by atoms with Gasteiger partial charge in [-0.05, 0) is 78.6 Å². The van der Waals surface area contributed by atoms with Gasteiger partial charge in [0.25, 0.3) is 11.7 Å². The first-order valence-corrected chi connectivity index (χ1v) is 12.7. The minimum atomic E-state index is -0.932. The number of ether oxygens (including phenoxy) is 3. The number of carbonyl (C=O) groups is 3. The van der Waals surface area contributed by atoms with Gasteiger partial charge in [-0.3, -0.25) is 19.3 Å². The molecule has 0 aromatic heterocycles. The van der Waals surface area contributed by atoms with Gasteiger partial charge in [-0.15, -0.1) is 0 Å². The minimum Gasteiger partial charge on any atom is -0.507 e. The van der Waals surface area contributed by atoms with Crippen molar-refractivity contribution in [2.75, 3.05) is 18.6 Å².